The summed E-state index contributed by atoms with van der Waals surface area (Å²) in [7, 11) is 2.00. The largest absolute Gasteiger partial charge is 0.306 e. The number of likely N-dealkylation sites (tertiary alicyclic amines) is 1. The van der Waals surface area contributed by atoms with Crippen molar-refractivity contribution in [3.63, 3.8) is 0 Å². The molecule has 0 bridgehead atoms. The van der Waals surface area contributed by atoms with Crippen LogP contribution in [0.4, 0.5) is 0 Å². The molecule has 1 saturated heterocycles. The number of hydrogen-bond donors (Lipinski definition) is 0. The summed E-state index contributed by atoms with van der Waals surface area (Å²) in [5, 5.41) is 0. The second-order valence-corrected chi connectivity index (χ2v) is 2.97. The molecule has 1 amide bonds. The van der Waals surface area contributed by atoms with Crippen molar-refractivity contribution < 1.29 is 4.79 Å². The topological polar surface area (TPSA) is 44.1 Å². The third kappa shape index (κ3) is 1.70. The Morgan fingerprint density at radius 1 is 1.70 bits per heavy atom. The maximum Gasteiger partial charge on any atom is 0.242 e. The molecule has 57 valence electrons. The lowest BCUT2D eigenvalue weighted by atomic mass is 9.98. The van der Waals surface area contributed by atoms with Gasteiger partial charge in [-0.15, -0.1) is 0 Å². The highest BCUT2D eigenvalue weighted by Gasteiger charge is 2.21. The molecule has 0 aromatic heterocycles. The molecule has 3 nitrogen and oxygen atoms in total. The third-order valence-corrected chi connectivity index (χ3v) is 2.00. The first-order valence-corrected chi connectivity index (χ1v) is 3.64. The predicted molar refractivity (Wildman–Crippen MR) is 38.3 cm³/mol. The molecule has 0 aliphatic carbocycles. The van der Waals surface area contributed by atoms with Crippen molar-refractivity contribution in [1.82, 2.24) is 10.6 Å². The van der Waals surface area contributed by atoms with Crippen molar-refractivity contribution in [3.8, 4) is 0 Å². The van der Waals surface area contributed by atoms with Gasteiger partial charge in [0, 0.05) is 6.54 Å². The van der Waals surface area contributed by atoms with Crippen molar-refractivity contribution in [2.75, 3.05) is 20.1 Å². The van der Waals surface area contributed by atoms with Crippen LogP contribution in [-0.4, -0.2) is 30.9 Å². The highest BCUT2D eigenvalue weighted by molar-refractivity contribution is 5.76. The SMILES string of the molecule is CN1CCCC(C([NH])=O)C1. The fourth-order valence-corrected chi connectivity index (χ4v) is 1.38. The lowest BCUT2D eigenvalue weighted by molar-refractivity contribution is -0.123. The Balaban J connectivity index is 2.39. The van der Waals surface area contributed by atoms with Crippen molar-refractivity contribution in [2.24, 2.45) is 5.92 Å². The Morgan fingerprint density at radius 2 is 2.40 bits per heavy atom. The van der Waals surface area contributed by atoms with Gasteiger partial charge in [-0.3, -0.25) is 10.5 Å². The van der Waals surface area contributed by atoms with Gasteiger partial charge in [-0.2, -0.15) is 0 Å². The highest BCUT2D eigenvalue weighted by atomic mass is 16.1. The van der Waals surface area contributed by atoms with Crippen molar-refractivity contribution in [3.05, 3.63) is 0 Å². The number of piperidine rings is 1. The molecule has 0 aromatic rings. The molecule has 1 atom stereocenters. The highest BCUT2D eigenvalue weighted by Crippen LogP contribution is 2.14. The van der Waals surface area contributed by atoms with Gasteiger partial charge >= 0.3 is 0 Å². The third-order valence-electron chi connectivity index (χ3n) is 2.00. The molecule has 1 rings (SSSR count). The molecule has 1 aliphatic heterocycles. The molecule has 1 aliphatic rings. The Morgan fingerprint density at radius 3 is 2.80 bits per heavy atom. The molecule has 10 heavy (non-hydrogen) atoms. The van der Waals surface area contributed by atoms with E-state index >= 15 is 0 Å². The van der Waals surface area contributed by atoms with Gasteiger partial charge in [0.1, 0.15) is 0 Å². The van der Waals surface area contributed by atoms with Crippen LogP contribution in [0.2, 0.25) is 0 Å². The van der Waals surface area contributed by atoms with Crippen LogP contribution >= 0.6 is 0 Å². The normalized spacial score (nSPS) is 28.3. The van der Waals surface area contributed by atoms with E-state index in [9.17, 15) is 4.79 Å². The van der Waals surface area contributed by atoms with Crippen molar-refractivity contribution in [1.29, 1.82) is 0 Å². The van der Waals surface area contributed by atoms with Gasteiger partial charge in [-0.05, 0) is 26.4 Å². The first-order chi connectivity index (χ1) is 4.70. The quantitative estimate of drug-likeness (QED) is 0.521. The van der Waals surface area contributed by atoms with Crippen LogP contribution in [-0.2, 0) is 4.79 Å². The first kappa shape index (κ1) is 7.54. The molecule has 0 saturated carbocycles. The minimum Gasteiger partial charge on any atom is -0.306 e. The number of hydrogen-bond acceptors (Lipinski definition) is 2. The standard InChI is InChI=1S/C7H13N2O/c1-9-4-2-3-6(5-9)7(8)10/h6,8H,2-5H2,1H3. The van der Waals surface area contributed by atoms with Gasteiger partial charge in [-0.25, -0.2) is 0 Å². The summed E-state index contributed by atoms with van der Waals surface area (Å²) >= 11 is 0. The molecule has 1 fully saturated rings. The Bertz CT molecular complexity index is 136. The van der Waals surface area contributed by atoms with Crippen LogP contribution in [0.25, 0.3) is 0 Å². The van der Waals surface area contributed by atoms with Gasteiger partial charge in [0.25, 0.3) is 0 Å². The molecular formula is C7H13N2O. The molecule has 1 heterocycles. The molecule has 1 unspecified atom stereocenters. The lowest BCUT2D eigenvalue weighted by Crippen LogP contribution is -2.36. The summed E-state index contributed by atoms with van der Waals surface area (Å²) in [5.41, 5.74) is 6.90. The van der Waals surface area contributed by atoms with Gasteiger partial charge < -0.3 is 4.90 Å². The van der Waals surface area contributed by atoms with E-state index in [1.54, 1.807) is 0 Å². The summed E-state index contributed by atoms with van der Waals surface area (Å²) in [6.45, 7) is 1.85. The molecule has 3 heteroatoms. The summed E-state index contributed by atoms with van der Waals surface area (Å²) in [6.07, 6.45) is 1.97. The van der Waals surface area contributed by atoms with E-state index in [0.717, 1.165) is 25.9 Å². The molecular weight excluding hydrogens is 128 g/mol. The number of carbonyl (C=O) groups excluding carboxylic acids is 1. The average Bonchev–Trinajstić information content (AvgIpc) is 1.88. The second kappa shape index (κ2) is 3.01. The summed E-state index contributed by atoms with van der Waals surface area (Å²) in [5.74, 6) is -0.412. The van der Waals surface area contributed by atoms with Crippen LogP contribution < -0.4 is 5.73 Å². The van der Waals surface area contributed by atoms with Gasteiger partial charge in [-0.1, -0.05) is 0 Å². The summed E-state index contributed by atoms with van der Waals surface area (Å²) in [4.78, 5) is 12.7. The van der Waals surface area contributed by atoms with E-state index in [1.807, 2.05) is 7.05 Å². The van der Waals surface area contributed by atoms with Gasteiger partial charge in [0.15, 0.2) is 0 Å². The number of nitrogens with zero attached hydrogens (tertiary/aromatic N) is 1. The Kier molecular flexibility index (Phi) is 2.27. The monoisotopic (exact) mass is 141 g/mol. The van der Waals surface area contributed by atoms with Crippen LogP contribution in [0.5, 0.6) is 0 Å². The summed E-state index contributed by atoms with van der Waals surface area (Å²) < 4.78 is 0. The van der Waals surface area contributed by atoms with E-state index < -0.39 is 5.91 Å². The van der Waals surface area contributed by atoms with E-state index in [4.69, 9.17) is 5.73 Å². The molecule has 0 spiro atoms. The van der Waals surface area contributed by atoms with Crippen LogP contribution in [0.3, 0.4) is 0 Å². The first-order valence-electron chi connectivity index (χ1n) is 3.64. The van der Waals surface area contributed by atoms with Crippen molar-refractivity contribution >= 4 is 5.91 Å². The van der Waals surface area contributed by atoms with Gasteiger partial charge in [0.05, 0.1) is 5.92 Å². The minimum atomic E-state index is -0.397. The fourth-order valence-electron chi connectivity index (χ4n) is 1.38. The molecule has 0 aromatic carbocycles. The smallest absolute Gasteiger partial charge is 0.242 e. The number of rotatable bonds is 1. The Hall–Kier alpha value is -0.570. The summed E-state index contributed by atoms with van der Waals surface area (Å²) in [6, 6.07) is 0. The number of amides is 1. The Labute approximate surface area is 61.2 Å². The fraction of sp³-hybridized carbons (Fsp3) is 0.857. The van der Waals surface area contributed by atoms with E-state index in [-0.39, 0.29) is 5.92 Å². The van der Waals surface area contributed by atoms with Crippen LogP contribution in [0.1, 0.15) is 12.8 Å². The second-order valence-electron chi connectivity index (χ2n) is 2.97. The lowest BCUT2D eigenvalue weighted by Gasteiger charge is -2.26. The maximum absolute atomic E-state index is 10.6. The average molecular weight is 141 g/mol. The zero-order chi connectivity index (χ0) is 7.56. The number of carbonyl (C=O) groups is 1. The van der Waals surface area contributed by atoms with E-state index in [0.29, 0.717) is 0 Å². The van der Waals surface area contributed by atoms with Gasteiger partial charge in [0.2, 0.25) is 5.91 Å². The predicted octanol–water partition coefficient (Wildman–Crippen LogP) is 0.138. The molecule has 1 N–H and O–H groups in total. The number of nitrogens with one attached hydrogen (secondary N) is 1. The zero-order valence-electron chi connectivity index (χ0n) is 6.26. The van der Waals surface area contributed by atoms with E-state index in [2.05, 4.69) is 4.90 Å². The van der Waals surface area contributed by atoms with Crippen LogP contribution in [0, 0.1) is 5.92 Å². The van der Waals surface area contributed by atoms with Crippen LogP contribution in [0.15, 0.2) is 0 Å². The zero-order valence-corrected chi connectivity index (χ0v) is 6.26. The maximum atomic E-state index is 10.6. The molecule has 1 radical (unpaired) electrons. The van der Waals surface area contributed by atoms with E-state index in [1.165, 1.54) is 0 Å². The van der Waals surface area contributed by atoms with Crippen molar-refractivity contribution in [2.45, 2.75) is 12.8 Å². The minimum absolute atomic E-state index is 0.0150.